The van der Waals surface area contributed by atoms with Gasteiger partial charge in [-0.2, -0.15) is 0 Å². The van der Waals surface area contributed by atoms with Gasteiger partial charge in [-0.1, -0.05) is 34.1 Å². The Bertz CT molecular complexity index is 1030. The normalized spacial score (nSPS) is 10.5. The second-order valence-electron chi connectivity index (χ2n) is 6.22. The van der Waals surface area contributed by atoms with E-state index in [-0.39, 0.29) is 29.9 Å². The van der Waals surface area contributed by atoms with Crippen molar-refractivity contribution in [3.05, 3.63) is 80.5 Å². The smallest absolute Gasteiger partial charge is 0.270 e. The van der Waals surface area contributed by atoms with Crippen LogP contribution in [0.4, 0.5) is 4.39 Å². The molecule has 0 unspecified atom stereocenters. The maximum atomic E-state index is 13.6. The number of thiazole rings is 1. The van der Waals surface area contributed by atoms with Gasteiger partial charge in [0.2, 0.25) is 0 Å². The molecule has 2 amide bonds. The lowest BCUT2D eigenvalue weighted by Gasteiger charge is -2.06. The van der Waals surface area contributed by atoms with Crippen LogP contribution in [0.3, 0.4) is 0 Å². The summed E-state index contributed by atoms with van der Waals surface area (Å²) in [4.78, 5) is 28.4. The summed E-state index contributed by atoms with van der Waals surface area (Å²) in [6, 6.07) is 13.2. The van der Waals surface area contributed by atoms with Gasteiger partial charge in [0.15, 0.2) is 11.6 Å². The predicted octanol–water partition coefficient (Wildman–Crippen LogP) is 4.17. The maximum absolute atomic E-state index is 13.6. The van der Waals surface area contributed by atoms with Crippen molar-refractivity contribution in [3.8, 4) is 5.75 Å². The molecule has 1 heterocycles. The number of ether oxygens (including phenoxy) is 1. The van der Waals surface area contributed by atoms with Crippen LogP contribution in [0.2, 0.25) is 0 Å². The first-order chi connectivity index (χ1) is 14.5. The van der Waals surface area contributed by atoms with E-state index in [4.69, 9.17) is 4.74 Å². The second kappa shape index (κ2) is 10.8. The summed E-state index contributed by atoms with van der Waals surface area (Å²) < 4.78 is 19.8. The molecular formula is C21H19BrFN3O3S. The molecule has 6 nitrogen and oxygen atoms in total. The number of hydrogen-bond donors (Lipinski definition) is 2. The van der Waals surface area contributed by atoms with Crippen LogP contribution in [0.25, 0.3) is 0 Å². The molecule has 0 saturated heterocycles. The average Bonchev–Trinajstić information content (AvgIpc) is 3.22. The zero-order valence-electron chi connectivity index (χ0n) is 15.9. The van der Waals surface area contributed by atoms with Gasteiger partial charge in [0, 0.05) is 28.5 Å². The lowest BCUT2D eigenvalue weighted by Crippen LogP contribution is -2.30. The lowest BCUT2D eigenvalue weighted by molar-refractivity contribution is 0.0948. The first-order valence-electron chi connectivity index (χ1n) is 9.16. The lowest BCUT2D eigenvalue weighted by atomic mass is 10.2. The van der Waals surface area contributed by atoms with Gasteiger partial charge in [0.05, 0.1) is 0 Å². The SMILES string of the molecule is O=C(NCCCNC(=O)c1csc(COc2ccccc2F)n1)c1cccc(Br)c1. The third-order valence-electron chi connectivity index (χ3n) is 3.98. The highest BCUT2D eigenvalue weighted by molar-refractivity contribution is 9.10. The average molecular weight is 492 g/mol. The molecule has 2 N–H and O–H groups in total. The molecule has 1 aromatic heterocycles. The number of aromatic nitrogens is 1. The third kappa shape index (κ3) is 6.36. The van der Waals surface area contributed by atoms with Crippen LogP contribution in [0.1, 0.15) is 32.3 Å². The van der Waals surface area contributed by atoms with Crippen LogP contribution >= 0.6 is 27.3 Å². The zero-order chi connectivity index (χ0) is 21.3. The van der Waals surface area contributed by atoms with Crippen LogP contribution in [-0.4, -0.2) is 29.9 Å². The van der Waals surface area contributed by atoms with Crippen molar-refractivity contribution in [3.63, 3.8) is 0 Å². The molecule has 9 heteroatoms. The van der Waals surface area contributed by atoms with E-state index in [1.54, 1.807) is 35.7 Å². The van der Waals surface area contributed by atoms with E-state index in [1.807, 2.05) is 6.07 Å². The molecule has 0 aliphatic carbocycles. The molecule has 30 heavy (non-hydrogen) atoms. The standard InChI is InChI=1S/C21H19BrFN3O3S/c22-15-6-3-5-14(11-15)20(27)24-9-4-10-25-21(28)17-13-30-19(26-17)12-29-18-8-2-1-7-16(18)23/h1-3,5-8,11,13H,4,9-10,12H2,(H,24,27)(H,25,28). The molecule has 0 atom stereocenters. The fraction of sp³-hybridized carbons (Fsp3) is 0.190. The second-order valence-corrected chi connectivity index (χ2v) is 8.08. The molecule has 2 aromatic carbocycles. The van der Waals surface area contributed by atoms with Crippen LogP contribution in [0.15, 0.2) is 58.4 Å². The molecule has 0 fully saturated rings. The molecule has 156 valence electrons. The van der Waals surface area contributed by atoms with E-state index < -0.39 is 5.82 Å². The molecule has 0 spiro atoms. The Morgan fingerprint density at radius 3 is 2.60 bits per heavy atom. The topological polar surface area (TPSA) is 80.3 Å². The fourth-order valence-corrected chi connectivity index (χ4v) is 3.58. The molecule has 0 aliphatic heterocycles. The van der Waals surface area contributed by atoms with Gasteiger partial charge < -0.3 is 15.4 Å². The Kier molecular flexibility index (Phi) is 7.92. The number of carbonyl (C=O) groups is 2. The van der Waals surface area contributed by atoms with Crippen LogP contribution in [0, 0.1) is 5.82 Å². The van der Waals surface area contributed by atoms with Crippen molar-refractivity contribution in [1.82, 2.24) is 15.6 Å². The molecule has 0 aliphatic rings. The van der Waals surface area contributed by atoms with Crippen LogP contribution in [-0.2, 0) is 6.61 Å². The molecular weight excluding hydrogens is 473 g/mol. The number of hydrogen-bond acceptors (Lipinski definition) is 5. The Balaban J connectivity index is 1.37. The van der Waals surface area contributed by atoms with Gasteiger partial charge in [-0.05, 0) is 36.8 Å². The number of amides is 2. The summed E-state index contributed by atoms with van der Waals surface area (Å²) in [7, 11) is 0. The number of nitrogens with zero attached hydrogens (tertiary/aromatic N) is 1. The highest BCUT2D eigenvalue weighted by Gasteiger charge is 2.12. The first-order valence-corrected chi connectivity index (χ1v) is 10.8. The number of halogens is 2. The minimum atomic E-state index is -0.445. The minimum absolute atomic E-state index is 0.0838. The van der Waals surface area contributed by atoms with Crippen molar-refractivity contribution in [2.45, 2.75) is 13.0 Å². The number of carbonyl (C=O) groups excluding carboxylic acids is 2. The van der Waals surface area contributed by atoms with E-state index >= 15 is 0 Å². The largest absolute Gasteiger partial charge is 0.483 e. The van der Waals surface area contributed by atoms with Crippen molar-refractivity contribution in [2.24, 2.45) is 0 Å². The van der Waals surface area contributed by atoms with Crippen molar-refractivity contribution in [1.29, 1.82) is 0 Å². The van der Waals surface area contributed by atoms with E-state index in [1.165, 1.54) is 23.5 Å². The maximum Gasteiger partial charge on any atom is 0.270 e. The summed E-state index contributed by atoms with van der Waals surface area (Å²) in [5.41, 5.74) is 0.853. The predicted molar refractivity (Wildman–Crippen MR) is 116 cm³/mol. The van der Waals surface area contributed by atoms with Crippen LogP contribution in [0.5, 0.6) is 5.75 Å². The minimum Gasteiger partial charge on any atom is -0.483 e. The Labute approximate surface area is 185 Å². The number of para-hydroxylation sites is 1. The molecule has 3 aromatic rings. The monoisotopic (exact) mass is 491 g/mol. The Morgan fingerprint density at radius 2 is 1.83 bits per heavy atom. The van der Waals surface area contributed by atoms with Gasteiger partial charge in [0.1, 0.15) is 17.3 Å². The number of nitrogens with one attached hydrogen (secondary N) is 2. The fourth-order valence-electron chi connectivity index (χ4n) is 2.50. The van der Waals surface area contributed by atoms with E-state index in [0.29, 0.717) is 30.1 Å². The van der Waals surface area contributed by atoms with Crippen molar-refractivity contribution < 1.29 is 18.7 Å². The third-order valence-corrected chi connectivity index (χ3v) is 5.30. The summed E-state index contributed by atoms with van der Waals surface area (Å²) in [6.07, 6.45) is 0.582. The summed E-state index contributed by atoms with van der Waals surface area (Å²) >= 11 is 4.60. The van der Waals surface area contributed by atoms with Gasteiger partial charge in [-0.15, -0.1) is 11.3 Å². The summed E-state index contributed by atoms with van der Waals surface area (Å²) in [5.74, 6) is -0.772. The van der Waals surface area contributed by atoms with Crippen molar-refractivity contribution >= 4 is 39.1 Å². The quantitative estimate of drug-likeness (QED) is 0.440. The van der Waals surface area contributed by atoms with Crippen LogP contribution < -0.4 is 15.4 Å². The Morgan fingerprint density at radius 1 is 1.07 bits per heavy atom. The van der Waals surface area contributed by atoms with E-state index in [9.17, 15) is 14.0 Å². The molecule has 0 radical (unpaired) electrons. The number of benzene rings is 2. The Hall–Kier alpha value is -2.78. The van der Waals surface area contributed by atoms with Gasteiger partial charge in [-0.25, -0.2) is 9.37 Å². The highest BCUT2D eigenvalue weighted by atomic mass is 79.9. The summed E-state index contributed by atoms with van der Waals surface area (Å²) in [6.45, 7) is 0.918. The van der Waals surface area contributed by atoms with Gasteiger partial charge >= 0.3 is 0 Å². The van der Waals surface area contributed by atoms with E-state index in [0.717, 1.165) is 4.47 Å². The zero-order valence-corrected chi connectivity index (χ0v) is 18.3. The number of rotatable bonds is 9. The van der Waals surface area contributed by atoms with Gasteiger partial charge in [0.25, 0.3) is 11.8 Å². The van der Waals surface area contributed by atoms with E-state index in [2.05, 4.69) is 31.5 Å². The highest BCUT2D eigenvalue weighted by Crippen LogP contribution is 2.18. The molecule has 0 saturated carbocycles. The summed E-state index contributed by atoms with van der Waals surface area (Å²) in [5, 5.41) is 7.78. The van der Waals surface area contributed by atoms with Crippen molar-refractivity contribution in [2.75, 3.05) is 13.1 Å². The molecule has 3 rings (SSSR count). The molecule has 0 bridgehead atoms. The first kappa shape index (κ1) is 21.9. The van der Waals surface area contributed by atoms with Gasteiger partial charge in [-0.3, -0.25) is 9.59 Å².